The van der Waals surface area contributed by atoms with Crippen molar-refractivity contribution in [2.75, 3.05) is 69.8 Å². The highest BCUT2D eigenvalue weighted by Gasteiger charge is 2.16. The molecular formula is C29H39N5O2. The average Bonchev–Trinajstić information content (AvgIpc) is 2.97. The van der Waals surface area contributed by atoms with Crippen LogP contribution in [0.2, 0.25) is 0 Å². The molecule has 0 N–H and O–H groups in total. The largest absolute Gasteiger partial charge is 0.497 e. The molecule has 0 unspecified atom stereocenters. The molecule has 0 amide bonds. The zero-order chi connectivity index (χ0) is 26.0. The molecule has 36 heavy (non-hydrogen) atoms. The monoisotopic (exact) mass is 489 g/mol. The fourth-order valence-electron chi connectivity index (χ4n) is 4.18. The summed E-state index contributed by atoms with van der Waals surface area (Å²) in [6, 6.07) is 20.4. The van der Waals surface area contributed by atoms with Crippen LogP contribution in [0.15, 0.2) is 61.2 Å². The lowest BCUT2D eigenvalue weighted by Gasteiger charge is -2.35. The third-order valence-electron chi connectivity index (χ3n) is 6.23. The molecule has 2 aromatic rings. The van der Waals surface area contributed by atoms with Crippen LogP contribution in [0.25, 0.3) is 0 Å². The van der Waals surface area contributed by atoms with E-state index < -0.39 is 0 Å². The van der Waals surface area contributed by atoms with Crippen LogP contribution in [0.4, 0.5) is 11.4 Å². The number of allylic oxidation sites excluding steroid dienone is 1. The van der Waals surface area contributed by atoms with Crippen LogP contribution < -0.4 is 19.3 Å². The molecular weight excluding hydrogens is 450 g/mol. The van der Waals surface area contributed by atoms with Gasteiger partial charge in [0.25, 0.3) is 0 Å². The Kier molecular flexibility index (Phi) is 13.4. The molecule has 7 nitrogen and oxygen atoms in total. The minimum Gasteiger partial charge on any atom is -0.497 e. The van der Waals surface area contributed by atoms with E-state index in [-0.39, 0.29) is 0 Å². The number of rotatable bonds is 6. The Hall–Kier alpha value is -3.68. The minimum atomic E-state index is 0.628. The van der Waals surface area contributed by atoms with Crippen LogP contribution >= 0.6 is 0 Å². The van der Waals surface area contributed by atoms with E-state index in [1.165, 1.54) is 49.8 Å². The first-order valence-corrected chi connectivity index (χ1v) is 12.5. The van der Waals surface area contributed by atoms with Crippen LogP contribution in [0, 0.1) is 22.7 Å². The topological polar surface area (TPSA) is 75.8 Å². The van der Waals surface area contributed by atoms with Crippen LogP contribution in [-0.2, 0) is 0 Å². The normalized spacial score (nSPS) is 15.1. The third kappa shape index (κ3) is 9.90. The Morgan fingerprint density at radius 1 is 0.750 bits per heavy atom. The van der Waals surface area contributed by atoms with Gasteiger partial charge in [-0.15, -0.1) is 0 Å². The van der Waals surface area contributed by atoms with Crippen molar-refractivity contribution < 1.29 is 9.47 Å². The summed E-state index contributed by atoms with van der Waals surface area (Å²) in [7, 11) is 3.39. The number of piperidine rings is 1. The van der Waals surface area contributed by atoms with Gasteiger partial charge in [-0.3, -0.25) is 4.90 Å². The molecule has 192 valence electrons. The molecule has 2 aliphatic rings. The van der Waals surface area contributed by atoms with E-state index in [4.69, 9.17) is 20.0 Å². The van der Waals surface area contributed by atoms with E-state index in [1.54, 1.807) is 20.3 Å². The molecule has 0 saturated carbocycles. The Bertz CT molecular complexity index is 949. The molecule has 2 aliphatic heterocycles. The van der Waals surface area contributed by atoms with E-state index in [9.17, 15) is 0 Å². The highest BCUT2D eigenvalue weighted by molar-refractivity contribution is 5.50. The number of benzene rings is 2. The van der Waals surface area contributed by atoms with Crippen molar-refractivity contribution in [3.63, 3.8) is 0 Å². The van der Waals surface area contributed by atoms with Gasteiger partial charge in [0, 0.05) is 69.7 Å². The van der Waals surface area contributed by atoms with Crippen LogP contribution in [0.3, 0.4) is 0 Å². The number of piperazine rings is 1. The lowest BCUT2D eigenvalue weighted by atomic mass is 10.1. The summed E-state index contributed by atoms with van der Waals surface area (Å²) < 4.78 is 10.3. The molecule has 0 atom stereocenters. The predicted molar refractivity (Wildman–Crippen MR) is 147 cm³/mol. The molecule has 7 heteroatoms. The van der Waals surface area contributed by atoms with Gasteiger partial charge in [-0.1, -0.05) is 6.58 Å². The Morgan fingerprint density at radius 3 is 1.58 bits per heavy atom. The van der Waals surface area contributed by atoms with E-state index in [1.807, 2.05) is 24.3 Å². The van der Waals surface area contributed by atoms with Crippen LogP contribution in [0.1, 0.15) is 25.7 Å². The lowest BCUT2D eigenvalue weighted by molar-refractivity contribution is 0.263. The van der Waals surface area contributed by atoms with Gasteiger partial charge < -0.3 is 19.3 Å². The van der Waals surface area contributed by atoms with Crippen molar-refractivity contribution in [3.05, 3.63) is 61.2 Å². The van der Waals surface area contributed by atoms with Gasteiger partial charge >= 0.3 is 0 Å². The molecule has 2 saturated heterocycles. The molecule has 2 heterocycles. The zero-order valence-electron chi connectivity index (χ0n) is 21.7. The summed E-state index contributed by atoms with van der Waals surface area (Å²) in [5.41, 5.74) is 2.57. The van der Waals surface area contributed by atoms with Gasteiger partial charge in [-0.25, -0.2) is 0 Å². The van der Waals surface area contributed by atoms with Crippen molar-refractivity contribution >= 4 is 11.4 Å². The quantitative estimate of drug-likeness (QED) is 0.522. The minimum absolute atomic E-state index is 0.628. The molecule has 4 rings (SSSR count). The Balaban J connectivity index is 0.000000226. The summed E-state index contributed by atoms with van der Waals surface area (Å²) in [6.45, 7) is 10.5. The number of hydrogen-bond acceptors (Lipinski definition) is 7. The summed E-state index contributed by atoms with van der Waals surface area (Å²) in [4.78, 5) is 7.18. The van der Waals surface area contributed by atoms with E-state index >= 15 is 0 Å². The van der Waals surface area contributed by atoms with E-state index in [0.717, 1.165) is 44.2 Å². The van der Waals surface area contributed by atoms with Gasteiger partial charge in [0.2, 0.25) is 0 Å². The first-order chi connectivity index (χ1) is 17.6. The predicted octanol–water partition coefficient (Wildman–Crippen LogP) is 5.11. The van der Waals surface area contributed by atoms with Gasteiger partial charge in [0.15, 0.2) is 0 Å². The maximum absolute atomic E-state index is 8.58. The number of hydrogen-bond donors (Lipinski definition) is 0. The number of ether oxygens (including phenoxy) is 2. The maximum Gasteiger partial charge on any atom is 0.119 e. The molecule has 0 spiro atoms. The van der Waals surface area contributed by atoms with Crippen LogP contribution in [-0.4, -0.2) is 64.9 Å². The number of nitriles is 2. The molecule has 0 bridgehead atoms. The van der Waals surface area contributed by atoms with Gasteiger partial charge in [0.1, 0.15) is 11.5 Å². The van der Waals surface area contributed by atoms with Crippen molar-refractivity contribution in [2.24, 2.45) is 0 Å². The maximum atomic E-state index is 8.58. The highest BCUT2D eigenvalue weighted by atomic mass is 16.5. The number of anilines is 2. The molecule has 0 radical (unpaired) electrons. The summed E-state index contributed by atoms with van der Waals surface area (Å²) in [5.74, 6) is 1.83. The van der Waals surface area contributed by atoms with Crippen LogP contribution in [0.5, 0.6) is 11.5 Å². The zero-order valence-corrected chi connectivity index (χ0v) is 21.7. The second-order valence-corrected chi connectivity index (χ2v) is 8.51. The number of methoxy groups -OCH3 is 2. The SMILES string of the molecule is C=CC#N.COc1ccc(N2CCCCC2)cc1.COc1ccc(N2CCN(CCC#N)CC2)cc1. The second kappa shape index (κ2) is 16.9. The highest BCUT2D eigenvalue weighted by Crippen LogP contribution is 2.22. The first kappa shape index (κ1) is 28.6. The molecule has 0 aliphatic carbocycles. The number of nitrogens with zero attached hydrogens (tertiary/aromatic N) is 5. The average molecular weight is 490 g/mol. The third-order valence-corrected chi connectivity index (χ3v) is 6.23. The van der Waals surface area contributed by atoms with Crippen molar-refractivity contribution in [1.82, 2.24) is 4.90 Å². The summed E-state index contributed by atoms with van der Waals surface area (Å²) in [5, 5.41) is 16.1. The van der Waals surface area contributed by atoms with Crippen molar-refractivity contribution in [1.29, 1.82) is 10.5 Å². The standard InChI is InChI=1S/C14H19N3O.C12H17NO.C3H3N/c1-18-14-5-3-13(4-6-14)17-11-9-16(10-12-17)8-2-7-15;1-14-12-7-5-11(6-8-12)13-9-3-2-4-10-13;1-2-3-4/h3-6H,2,8-12H2,1H3;5-8H,2-4,9-10H2,1H3;2H,1H2. The van der Waals surface area contributed by atoms with Gasteiger partial charge in [0.05, 0.1) is 26.4 Å². The summed E-state index contributed by atoms with van der Waals surface area (Å²) in [6.07, 6.45) is 5.84. The first-order valence-electron chi connectivity index (χ1n) is 12.5. The summed E-state index contributed by atoms with van der Waals surface area (Å²) >= 11 is 0. The Morgan fingerprint density at radius 2 is 1.19 bits per heavy atom. The Labute approximate surface area is 216 Å². The van der Waals surface area contributed by atoms with Crippen molar-refractivity contribution in [2.45, 2.75) is 25.7 Å². The fraction of sp³-hybridized carbons (Fsp3) is 0.448. The van der Waals surface area contributed by atoms with Crippen molar-refractivity contribution in [3.8, 4) is 23.6 Å². The smallest absolute Gasteiger partial charge is 0.119 e. The second-order valence-electron chi connectivity index (χ2n) is 8.51. The van der Waals surface area contributed by atoms with E-state index in [2.05, 4.69) is 51.6 Å². The van der Waals surface area contributed by atoms with Gasteiger partial charge in [-0.2, -0.15) is 10.5 Å². The molecule has 2 fully saturated rings. The van der Waals surface area contributed by atoms with Gasteiger partial charge in [-0.05, 0) is 67.8 Å². The molecule has 2 aromatic carbocycles. The molecule has 0 aromatic heterocycles. The fourth-order valence-corrected chi connectivity index (χ4v) is 4.18. The lowest BCUT2D eigenvalue weighted by Crippen LogP contribution is -2.46. The van der Waals surface area contributed by atoms with E-state index in [0.29, 0.717) is 6.42 Å².